The first-order valence-corrected chi connectivity index (χ1v) is 5.51. The molecule has 1 unspecified atom stereocenters. The fourth-order valence-corrected chi connectivity index (χ4v) is 1.64. The maximum absolute atomic E-state index is 4.01. The van der Waals surface area contributed by atoms with Gasteiger partial charge in [-0.25, -0.2) is 0 Å². The second-order valence-electron chi connectivity index (χ2n) is 4.14. The van der Waals surface area contributed by atoms with Gasteiger partial charge < -0.3 is 0 Å². The van der Waals surface area contributed by atoms with Crippen LogP contribution in [0.4, 0.5) is 0 Å². The fraction of sp³-hybridized carbons (Fsp3) is 0.917. The zero-order valence-electron chi connectivity index (χ0n) is 9.10. The first-order valence-electron chi connectivity index (χ1n) is 5.51. The van der Waals surface area contributed by atoms with E-state index >= 15 is 0 Å². The molecule has 0 nitrogen and oxygen atoms in total. The van der Waals surface area contributed by atoms with Crippen molar-refractivity contribution in [2.24, 2.45) is 11.8 Å². The summed E-state index contributed by atoms with van der Waals surface area (Å²) in [6, 6.07) is 0. The maximum atomic E-state index is 4.01. The van der Waals surface area contributed by atoms with Crippen LogP contribution in [-0.4, -0.2) is 0 Å². The number of rotatable bonds is 7. The molecule has 0 aliphatic rings. The topological polar surface area (TPSA) is 0 Å². The summed E-state index contributed by atoms with van der Waals surface area (Å²) < 4.78 is 0. The van der Waals surface area contributed by atoms with Gasteiger partial charge in [0.15, 0.2) is 0 Å². The minimum absolute atomic E-state index is 0.823. The zero-order chi connectivity index (χ0) is 9.40. The molecule has 0 aliphatic carbocycles. The van der Waals surface area contributed by atoms with Gasteiger partial charge in [0.25, 0.3) is 0 Å². The van der Waals surface area contributed by atoms with E-state index in [0.717, 1.165) is 18.3 Å². The van der Waals surface area contributed by atoms with Gasteiger partial charge in [-0.1, -0.05) is 66.2 Å². The van der Waals surface area contributed by atoms with E-state index < -0.39 is 0 Å². The molecule has 0 heterocycles. The van der Waals surface area contributed by atoms with Gasteiger partial charge in [0.05, 0.1) is 0 Å². The van der Waals surface area contributed by atoms with Crippen LogP contribution in [0.15, 0.2) is 0 Å². The Balaban J connectivity index is 3.32. The summed E-state index contributed by atoms with van der Waals surface area (Å²) in [5.74, 6) is 1.69. The van der Waals surface area contributed by atoms with Gasteiger partial charge in [-0.3, -0.25) is 0 Å². The van der Waals surface area contributed by atoms with E-state index in [0.29, 0.717) is 0 Å². The van der Waals surface area contributed by atoms with Gasteiger partial charge >= 0.3 is 0 Å². The molecule has 0 aromatic heterocycles. The predicted molar refractivity (Wildman–Crippen MR) is 57.1 cm³/mol. The quantitative estimate of drug-likeness (QED) is 0.494. The van der Waals surface area contributed by atoms with Gasteiger partial charge in [-0.2, -0.15) is 0 Å². The first-order chi connectivity index (χ1) is 5.72. The van der Waals surface area contributed by atoms with Crippen molar-refractivity contribution in [2.75, 3.05) is 0 Å². The van der Waals surface area contributed by atoms with Crippen LogP contribution in [0.2, 0.25) is 0 Å². The van der Waals surface area contributed by atoms with E-state index in [1.54, 1.807) is 0 Å². The van der Waals surface area contributed by atoms with Crippen molar-refractivity contribution >= 4 is 0 Å². The summed E-state index contributed by atoms with van der Waals surface area (Å²) >= 11 is 0. The average Bonchev–Trinajstić information content (AvgIpc) is 2.04. The summed E-state index contributed by atoms with van der Waals surface area (Å²) in [6.45, 7) is 10.9. The third-order valence-corrected chi connectivity index (χ3v) is 2.74. The fourth-order valence-electron chi connectivity index (χ4n) is 1.64. The lowest BCUT2D eigenvalue weighted by Crippen LogP contribution is -2.07. The summed E-state index contributed by atoms with van der Waals surface area (Å²) in [7, 11) is 0. The highest BCUT2D eigenvalue weighted by atomic mass is 14.1. The minimum atomic E-state index is 0.823. The van der Waals surface area contributed by atoms with Crippen LogP contribution in [0, 0.1) is 18.8 Å². The van der Waals surface area contributed by atoms with Crippen molar-refractivity contribution in [1.29, 1.82) is 0 Å². The van der Waals surface area contributed by atoms with Gasteiger partial charge in [0.2, 0.25) is 0 Å². The molecule has 0 bridgehead atoms. The molecule has 0 aliphatic heterocycles. The average molecular weight is 169 g/mol. The number of hydrogen-bond acceptors (Lipinski definition) is 0. The molecule has 0 saturated heterocycles. The van der Waals surface area contributed by atoms with Crippen molar-refractivity contribution in [3.8, 4) is 0 Å². The van der Waals surface area contributed by atoms with Gasteiger partial charge in [-0.15, -0.1) is 0 Å². The Labute approximate surface area is 78.8 Å². The van der Waals surface area contributed by atoms with E-state index in [9.17, 15) is 0 Å². The van der Waals surface area contributed by atoms with E-state index in [2.05, 4.69) is 27.7 Å². The Morgan fingerprint density at radius 1 is 1.08 bits per heavy atom. The smallest absolute Gasteiger partial charge is 0.0391 e. The Hall–Kier alpha value is 0. The van der Waals surface area contributed by atoms with Gasteiger partial charge in [0, 0.05) is 0 Å². The Morgan fingerprint density at radius 2 is 1.75 bits per heavy atom. The largest absolute Gasteiger partial charge is 0.0654 e. The minimum Gasteiger partial charge on any atom is -0.0654 e. The van der Waals surface area contributed by atoms with E-state index in [1.807, 2.05) is 0 Å². The molecule has 0 amide bonds. The first kappa shape index (κ1) is 12.0. The molecule has 0 rings (SSSR count). The van der Waals surface area contributed by atoms with Crippen LogP contribution in [0.1, 0.15) is 59.3 Å². The van der Waals surface area contributed by atoms with Crippen LogP contribution >= 0.6 is 0 Å². The number of hydrogen-bond donors (Lipinski definition) is 0. The van der Waals surface area contributed by atoms with Crippen LogP contribution in [0.25, 0.3) is 0 Å². The highest BCUT2D eigenvalue weighted by molar-refractivity contribution is 4.64. The van der Waals surface area contributed by atoms with Crippen molar-refractivity contribution in [1.82, 2.24) is 0 Å². The van der Waals surface area contributed by atoms with E-state index in [4.69, 9.17) is 0 Å². The highest BCUT2D eigenvalue weighted by Gasteiger charge is 2.09. The third-order valence-electron chi connectivity index (χ3n) is 2.74. The molecule has 0 N–H and O–H groups in total. The molecule has 0 aromatic rings. The predicted octanol–water partition coefficient (Wildman–Crippen LogP) is 4.45. The third kappa shape index (κ3) is 5.62. The summed E-state index contributed by atoms with van der Waals surface area (Å²) in [5.41, 5.74) is 0. The van der Waals surface area contributed by atoms with Crippen LogP contribution in [0.3, 0.4) is 0 Å². The molecule has 0 spiro atoms. The molecule has 0 fully saturated rings. The molecular formula is C12H25. The van der Waals surface area contributed by atoms with E-state index in [-0.39, 0.29) is 0 Å². The SMILES string of the molecule is [CH2]CC(CCCCCC)C(C)C. The van der Waals surface area contributed by atoms with Crippen molar-refractivity contribution in [3.05, 3.63) is 6.92 Å². The Morgan fingerprint density at radius 3 is 2.17 bits per heavy atom. The van der Waals surface area contributed by atoms with Crippen LogP contribution in [0.5, 0.6) is 0 Å². The van der Waals surface area contributed by atoms with Crippen molar-refractivity contribution in [3.63, 3.8) is 0 Å². The molecule has 1 atom stereocenters. The Bertz CT molecular complexity index is 84.0. The standard InChI is InChI=1S/C12H25/c1-5-7-8-9-10-12(6-2)11(3)4/h11-12H,2,5-10H2,1,3-4H3. The molecule has 73 valence electrons. The van der Waals surface area contributed by atoms with Gasteiger partial charge in [-0.05, 0) is 11.8 Å². The van der Waals surface area contributed by atoms with E-state index in [1.165, 1.54) is 32.1 Å². The lowest BCUT2D eigenvalue weighted by Gasteiger charge is -2.18. The molecule has 12 heavy (non-hydrogen) atoms. The Kier molecular flexibility index (Phi) is 7.64. The molecule has 0 aromatic carbocycles. The molecule has 0 saturated carbocycles. The zero-order valence-corrected chi connectivity index (χ0v) is 9.10. The van der Waals surface area contributed by atoms with Crippen molar-refractivity contribution in [2.45, 2.75) is 59.3 Å². The summed E-state index contributed by atoms with van der Waals surface area (Å²) in [5, 5.41) is 0. The monoisotopic (exact) mass is 169 g/mol. The molecular weight excluding hydrogens is 144 g/mol. The van der Waals surface area contributed by atoms with Crippen LogP contribution in [-0.2, 0) is 0 Å². The molecule has 1 radical (unpaired) electrons. The second kappa shape index (κ2) is 7.64. The van der Waals surface area contributed by atoms with Crippen LogP contribution < -0.4 is 0 Å². The summed E-state index contributed by atoms with van der Waals surface area (Å²) in [4.78, 5) is 0. The highest BCUT2D eigenvalue weighted by Crippen LogP contribution is 2.21. The lowest BCUT2D eigenvalue weighted by atomic mass is 9.88. The lowest BCUT2D eigenvalue weighted by molar-refractivity contribution is 0.348. The second-order valence-corrected chi connectivity index (χ2v) is 4.14. The van der Waals surface area contributed by atoms with Gasteiger partial charge in [0.1, 0.15) is 0 Å². The summed E-state index contributed by atoms with van der Waals surface area (Å²) in [6.07, 6.45) is 8.08. The molecule has 0 heteroatoms. The normalized spacial score (nSPS) is 13.8. The van der Waals surface area contributed by atoms with Crippen molar-refractivity contribution < 1.29 is 0 Å². The maximum Gasteiger partial charge on any atom is -0.0391 e. The number of unbranched alkanes of at least 4 members (excludes halogenated alkanes) is 3.